The van der Waals surface area contributed by atoms with Crippen LogP contribution in [0.4, 0.5) is 0 Å². The Kier molecular flexibility index (Phi) is 6.20. The highest BCUT2D eigenvalue weighted by Gasteiger charge is 2.25. The zero-order valence-electron chi connectivity index (χ0n) is 12.6. The molecule has 2 heterocycles. The van der Waals surface area contributed by atoms with Crippen LogP contribution in [0.3, 0.4) is 0 Å². The molecule has 118 valence electrons. The highest BCUT2D eigenvalue weighted by molar-refractivity contribution is 5.78. The quantitative estimate of drug-likeness (QED) is 0.653. The molecule has 0 spiro atoms. The molecule has 0 aromatic rings. The topological polar surface area (TPSA) is 64.7 Å². The fraction of sp³-hybridized carbons (Fsp3) is 0.733. The number of hydrogen-bond donors (Lipinski definition) is 2. The number of hydrogen-bond acceptors (Lipinski definition) is 4. The molecule has 6 heteroatoms. The minimum atomic E-state index is 0.0184. The van der Waals surface area contributed by atoms with E-state index in [4.69, 9.17) is 0 Å². The van der Waals surface area contributed by atoms with Crippen molar-refractivity contribution >= 4 is 11.8 Å². The predicted octanol–water partition coefficient (Wildman–Crippen LogP) is -0.425. The van der Waals surface area contributed by atoms with Gasteiger partial charge in [-0.2, -0.15) is 0 Å². The number of amides is 2. The van der Waals surface area contributed by atoms with Gasteiger partial charge in [0.2, 0.25) is 11.8 Å². The van der Waals surface area contributed by atoms with Crippen LogP contribution >= 0.6 is 0 Å². The molecule has 2 aliphatic heterocycles. The second-order valence-corrected chi connectivity index (χ2v) is 5.75. The Bertz CT molecular complexity index is 372. The summed E-state index contributed by atoms with van der Waals surface area (Å²) < 4.78 is 0. The zero-order chi connectivity index (χ0) is 15.1. The summed E-state index contributed by atoms with van der Waals surface area (Å²) in [5.41, 5.74) is 0. The second-order valence-electron chi connectivity index (χ2n) is 5.75. The van der Waals surface area contributed by atoms with Gasteiger partial charge in [-0.3, -0.25) is 14.5 Å². The van der Waals surface area contributed by atoms with E-state index >= 15 is 0 Å². The summed E-state index contributed by atoms with van der Waals surface area (Å²) in [6, 6.07) is 0.361. The monoisotopic (exact) mass is 294 g/mol. The first-order chi connectivity index (χ1) is 10.2. The standard InChI is InChI=1S/C15H26N4O2/c1-2-5-17-14(20)12-18-7-9-19(10-8-18)15(21)11-13-4-3-6-16-13/h2,13,16H,1,3-12H2,(H,17,20). The molecule has 0 aliphatic carbocycles. The van der Waals surface area contributed by atoms with Crippen LogP contribution in [0.25, 0.3) is 0 Å². The first-order valence-electron chi connectivity index (χ1n) is 7.80. The Labute approximate surface area is 126 Å². The number of piperazine rings is 1. The van der Waals surface area contributed by atoms with Gasteiger partial charge in [0.05, 0.1) is 6.54 Å². The molecular weight excluding hydrogens is 268 g/mol. The molecule has 2 fully saturated rings. The normalized spacial score (nSPS) is 23.0. The molecule has 0 saturated carbocycles. The molecule has 1 atom stereocenters. The minimum absolute atomic E-state index is 0.0184. The van der Waals surface area contributed by atoms with Crippen LogP contribution in [0.5, 0.6) is 0 Å². The minimum Gasteiger partial charge on any atom is -0.352 e. The maximum absolute atomic E-state index is 12.2. The van der Waals surface area contributed by atoms with E-state index in [1.807, 2.05) is 4.90 Å². The van der Waals surface area contributed by atoms with Crippen molar-refractivity contribution in [1.29, 1.82) is 0 Å². The van der Waals surface area contributed by atoms with Crippen LogP contribution in [-0.2, 0) is 9.59 Å². The Balaban J connectivity index is 1.66. The van der Waals surface area contributed by atoms with Crippen molar-refractivity contribution in [2.45, 2.75) is 25.3 Å². The summed E-state index contributed by atoms with van der Waals surface area (Å²) in [5, 5.41) is 6.14. The second kappa shape index (κ2) is 8.14. The molecule has 2 rings (SSSR count). The van der Waals surface area contributed by atoms with Crippen LogP contribution in [0.15, 0.2) is 12.7 Å². The van der Waals surface area contributed by atoms with Gasteiger partial charge in [0.25, 0.3) is 0 Å². The fourth-order valence-corrected chi connectivity index (χ4v) is 2.87. The molecular formula is C15H26N4O2. The molecule has 6 nitrogen and oxygen atoms in total. The predicted molar refractivity (Wildman–Crippen MR) is 81.9 cm³/mol. The molecule has 0 aromatic heterocycles. The van der Waals surface area contributed by atoms with Gasteiger partial charge in [-0.15, -0.1) is 6.58 Å². The smallest absolute Gasteiger partial charge is 0.234 e. The number of nitrogens with one attached hydrogen (secondary N) is 2. The van der Waals surface area contributed by atoms with E-state index in [0.29, 0.717) is 25.6 Å². The number of carbonyl (C=O) groups excluding carboxylic acids is 2. The van der Waals surface area contributed by atoms with Crippen LogP contribution < -0.4 is 10.6 Å². The molecule has 2 aliphatic rings. The maximum Gasteiger partial charge on any atom is 0.234 e. The Morgan fingerprint density at radius 3 is 2.67 bits per heavy atom. The van der Waals surface area contributed by atoms with Crippen molar-refractivity contribution in [2.24, 2.45) is 0 Å². The van der Waals surface area contributed by atoms with E-state index in [1.54, 1.807) is 6.08 Å². The van der Waals surface area contributed by atoms with Crippen molar-refractivity contribution in [2.75, 3.05) is 45.8 Å². The summed E-state index contributed by atoms with van der Waals surface area (Å²) in [7, 11) is 0. The lowest BCUT2D eigenvalue weighted by Crippen LogP contribution is -2.51. The van der Waals surface area contributed by atoms with Crippen molar-refractivity contribution in [3.8, 4) is 0 Å². The molecule has 0 bridgehead atoms. The zero-order valence-corrected chi connectivity index (χ0v) is 12.6. The highest BCUT2D eigenvalue weighted by Crippen LogP contribution is 2.12. The van der Waals surface area contributed by atoms with Crippen molar-refractivity contribution in [3.05, 3.63) is 12.7 Å². The van der Waals surface area contributed by atoms with E-state index in [9.17, 15) is 9.59 Å². The molecule has 2 N–H and O–H groups in total. The van der Waals surface area contributed by atoms with Crippen molar-refractivity contribution in [1.82, 2.24) is 20.4 Å². The summed E-state index contributed by atoms with van der Waals surface area (Å²) in [6.07, 6.45) is 4.56. The number of nitrogens with zero attached hydrogens (tertiary/aromatic N) is 2. The van der Waals surface area contributed by atoms with E-state index in [2.05, 4.69) is 22.1 Å². The van der Waals surface area contributed by atoms with Gasteiger partial charge in [-0.1, -0.05) is 6.08 Å². The average Bonchev–Trinajstić information content (AvgIpc) is 2.98. The van der Waals surface area contributed by atoms with Gasteiger partial charge in [-0.25, -0.2) is 0 Å². The maximum atomic E-state index is 12.2. The van der Waals surface area contributed by atoms with Crippen LogP contribution in [0.1, 0.15) is 19.3 Å². The van der Waals surface area contributed by atoms with Gasteiger partial charge < -0.3 is 15.5 Å². The summed E-state index contributed by atoms with van der Waals surface area (Å²) in [4.78, 5) is 27.8. The molecule has 2 saturated heterocycles. The van der Waals surface area contributed by atoms with Gasteiger partial charge >= 0.3 is 0 Å². The Morgan fingerprint density at radius 2 is 2.05 bits per heavy atom. The van der Waals surface area contributed by atoms with E-state index in [0.717, 1.165) is 39.1 Å². The van der Waals surface area contributed by atoms with Gasteiger partial charge in [-0.05, 0) is 19.4 Å². The lowest BCUT2D eigenvalue weighted by molar-refractivity contribution is -0.133. The number of rotatable bonds is 6. The SMILES string of the molecule is C=CCNC(=O)CN1CCN(C(=O)CC2CCCN2)CC1. The largest absolute Gasteiger partial charge is 0.352 e. The van der Waals surface area contributed by atoms with E-state index < -0.39 is 0 Å². The molecule has 0 radical (unpaired) electrons. The molecule has 0 aromatic carbocycles. The lowest BCUT2D eigenvalue weighted by Gasteiger charge is -2.34. The first-order valence-corrected chi connectivity index (χ1v) is 7.80. The highest BCUT2D eigenvalue weighted by atomic mass is 16.2. The van der Waals surface area contributed by atoms with Crippen molar-refractivity contribution < 1.29 is 9.59 Å². The lowest BCUT2D eigenvalue weighted by atomic mass is 10.1. The van der Waals surface area contributed by atoms with Crippen molar-refractivity contribution in [3.63, 3.8) is 0 Å². The molecule has 2 amide bonds. The Hall–Kier alpha value is -1.40. The fourth-order valence-electron chi connectivity index (χ4n) is 2.87. The summed E-state index contributed by atoms with van der Waals surface area (Å²) in [5.74, 6) is 0.259. The molecule has 21 heavy (non-hydrogen) atoms. The Morgan fingerprint density at radius 1 is 1.29 bits per heavy atom. The first kappa shape index (κ1) is 16.0. The summed E-state index contributed by atoms with van der Waals surface area (Å²) in [6.45, 7) is 8.50. The average molecular weight is 294 g/mol. The van der Waals surface area contributed by atoms with Crippen LogP contribution in [-0.4, -0.2) is 73.5 Å². The number of carbonyl (C=O) groups is 2. The third-order valence-corrected chi connectivity index (χ3v) is 4.12. The van der Waals surface area contributed by atoms with Gasteiger partial charge in [0, 0.05) is 45.2 Å². The van der Waals surface area contributed by atoms with Crippen LogP contribution in [0.2, 0.25) is 0 Å². The van der Waals surface area contributed by atoms with Gasteiger partial charge in [0.15, 0.2) is 0 Å². The van der Waals surface area contributed by atoms with E-state index in [-0.39, 0.29) is 11.8 Å². The summed E-state index contributed by atoms with van der Waals surface area (Å²) >= 11 is 0. The van der Waals surface area contributed by atoms with Crippen LogP contribution in [0, 0.1) is 0 Å². The van der Waals surface area contributed by atoms with E-state index in [1.165, 1.54) is 6.42 Å². The third-order valence-electron chi connectivity index (χ3n) is 4.12. The van der Waals surface area contributed by atoms with Gasteiger partial charge in [0.1, 0.15) is 0 Å². The molecule has 1 unspecified atom stereocenters. The third kappa shape index (κ3) is 5.13.